The topological polar surface area (TPSA) is 81.1 Å². The summed E-state index contributed by atoms with van der Waals surface area (Å²) in [7, 11) is 3.17. The quantitative estimate of drug-likeness (QED) is 0.414. The molecule has 0 radical (unpaired) electrons. The largest absolute Gasteiger partial charge is 0.493 e. The SMILES string of the molecule is COc1cc2nccc(Oc3ccc(N(CC4CCCCCC4)C(=O)O)cc3)c2cc1OC. The van der Waals surface area contributed by atoms with Gasteiger partial charge in [-0.1, -0.05) is 25.7 Å². The first kappa shape index (κ1) is 22.7. The van der Waals surface area contributed by atoms with Crippen LogP contribution in [0.25, 0.3) is 10.9 Å². The maximum Gasteiger partial charge on any atom is 0.411 e. The Morgan fingerprint density at radius 2 is 1.64 bits per heavy atom. The predicted octanol–water partition coefficient (Wildman–Crippen LogP) is 6.50. The molecule has 4 rings (SSSR count). The van der Waals surface area contributed by atoms with Gasteiger partial charge >= 0.3 is 6.09 Å². The normalized spacial score (nSPS) is 14.5. The molecule has 7 heteroatoms. The molecule has 1 aromatic heterocycles. The van der Waals surface area contributed by atoms with Crippen molar-refractivity contribution in [3.63, 3.8) is 0 Å². The second-order valence-electron chi connectivity index (χ2n) is 8.38. The van der Waals surface area contributed by atoms with Gasteiger partial charge < -0.3 is 19.3 Å². The zero-order valence-corrected chi connectivity index (χ0v) is 19.1. The number of fused-ring (bicyclic) bond motifs is 1. The molecule has 1 heterocycles. The van der Waals surface area contributed by atoms with E-state index in [4.69, 9.17) is 14.2 Å². The number of anilines is 1. The molecular weight excluding hydrogens is 420 g/mol. The Kier molecular flexibility index (Phi) is 7.17. The minimum atomic E-state index is -0.922. The summed E-state index contributed by atoms with van der Waals surface area (Å²) < 4.78 is 16.9. The molecule has 1 amide bonds. The van der Waals surface area contributed by atoms with Gasteiger partial charge in [-0.05, 0) is 55.2 Å². The van der Waals surface area contributed by atoms with E-state index in [1.54, 1.807) is 50.7 Å². The Balaban J connectivity index is 1.54. The maximum absolute atomic E-state index is 12.0. The lowest BCUT2D eigenvalue weighted by molar-refractivity contribution is 0.200. The number of pyridine rings is 1. The molecule has 1 aliphatic carbocycles. The fourth-order valence-corrected chi connectivity index (χ4v) is 4.46. The predicted molar refractivity (Wildman–Crippen MR) is 128 cm³/mol. The van der Waals surface area contributed by atoms with E-state index in [1.807, 2.05) is 12.1 Å². The molecule has 1 saturated carbocycles. The average molecular weight is 451 g/mol. The van der Waals surface area contributed by atoms with Gasteiger partial charge in [0.1, 0.15) is 11.5 Å². The first-order valence-electron chi connectivity index (χ1n) is 11.4. The maximum atomic E-state index is 12.0. The number of nitrogens with zero attached hydrogens (tertiary/aromatic N) is 2. The number of amides is 1. The third-order valence-electron chi connectivity index (χ3n) is 6.23. The van der Waals surface area contributed by atoms with Crippen molar-refractivity contribution in [3.8, 4) is 23.0 Å². The van der Waals surface area contributed by atoms with E-state index in [2.05, 4.69) is 4.98 Å². The molecule has 174 valence electrons. The minimum absolute atomic E-state index is 0.412. The van der Waals surface area contributed by atoms with Gasteiger partial charge in [-0.25, -0.2) is 4.79 Å². The second-order valence-corrected chi connectivity index (χ2v) is 8.38. The van der Waals surface area contributed by atoms with Gasteiger partial charge in [0.05, 0.1) is 19.7 Å². The summed E-state index contributed by atoms with van der Waals surface area (Å²) in [6.07, 6.45) is 7.80. The van der Waals surface area contributed by atoms with Crippen LogP contribution in [0.5, 0.6) is 23.0 Å². The van der Waals surface area contributed by atoms with Gasteiger partial charge in [0.2, 0.25) is 0 Å². The molecule has 0 aliphatic heterocycles. The number of methoxy groups -OCH3 is 2. The van der Waals surface area contributed by atoms with E-state index in [-0.39, 0.29) is 0 Å². The van der Waals surface area contributed by atoms with E-state index in [1.165, 1.54) is 30.6 Å². The molecule has 33 heavy (non-hydrogen) atoms. The van der Waals surface area contributed by atoms with Crippen molar-refractivity contribution >= 4 is 22.7 Å². The van der Waals surface area contributed by atoms with Crippen LogP contribution in [0.15, 0.2) is 48.7 Å². The van der Waals surface area contributed by atoms with Crippen LogP contribution < -0.4 is 19.1 Å². The molecule has 1 fully saturated rings. The smallest absolute Gasteiger partial charge is 0.411 e. The summed E-state index contributed by atoms with van der Waals surface area (Å²) in [5.41, 5.74) is 1.38. The van der Waals surface area contributed by atoms with Crippen molar-refractivity contribution < 1.29 is 24.1 Å². The molecule has 0 saturated heterocycles. The summed E-state index contributed by atoms with van der Waals surface area (Å²) in [5, 5.41) is 10.6. The van der Waals surface area contributed by atoms with Crippen molar-refractivity contribution in [3.05, 3.63) is 48.7 Å². The van der Waals surface area contributed by atoms with Crippen LogP contribution in [0.1, 0.15) is 38.5 Å². The lowest BCUT2D eigenvalue weighted by Crippen LogP contribution is -2.34. The molecular formula is C26H30N2O5. The summed E-state index contributed by atoms with van der Waals surface area (Å²) >= 11 is 0. The molecule has 1 aliphatic rings. The van der Waals surface area contributed by atoms with Crippen molar-refractivity contribution in [2.75, 3.05) is 25.7 Å². The van der Waals surface area contributed by atoms with Crippen molar-refractivity contribution in [1.82, 2.24) is 4.98 Å². The molecule has 0 unspecified atom stereocenters. The van der Waals surface area contributed by atoms with Gasteiger partial charge in [0.25, 0.3) is 0 Å². The third kappa shape index (κ3) is 5.30. The van der Waals surface area contributed by atoms with Gasteiger partial charge in [-0.3, -0.25) is 9.88 Å². The van der Waals surface area contributed by atoms with Gasteiger partial charge in [0.15, 0.2) is 11.5 Å². The highest BCUT2D eigenvalue weighted by atomic mass is 16.5. The third-order valence-corrected chi connectivity index (χ3v) is 6.23. The highest BCUT2D eigenvalue weighted by Gasteiger charge is 2.21. The molecule has 0 spiro atoms. The standard InChI is InChI=1S/C26H30N2O5/c1-31-24-15-21-22(16-25(24)32-2)27-14-13-23(21)33-20-11-9-19(10-12-20)28(26(29)30)17-18-7-5-3-4-6-8-18/h9-16,18H,3-8,17H2,1-2H3,(H,29,30). The number of aromatic nitrogens is 1. The average Bonchev–Trinajstić information content (AvgIpc) is 3.11. The van der Waals surface area contributed by atoms with E-state index >= 15 is 0 Å². The van der Waals surface area contributed by atoms with Crippen LogP contribution in [0.3, 0.4) is 0 Å². The van der Waals surface area contributed by atoms with E-state index in [9.17, 15) is 9.90 Å². The van der Waals surface area contributed by atoms with Crippen molar-refractivity contribution in [2.45, 2.75) is 38.5 Å². The molecule has 3 aromatic rings. The Morgan fingerprint density at radius 3 is 2.27 bits per heavy atom. The summed E-state index contributed by atoms with van der Waals surface area (Å²) in [6.45, 7) is 0.534. The fourth-order valence-electron chi connectivity index (χ4n) is 4.46. The Bertz CT molecular complexity index is 1090. The number of ether oxygens (including phenoxy) is 3. The van der Waals surface area contributed by atoms with Crippen LogP contribution >= 0.6 is 0 Å². The number of carbonyl (C=O) groups is 1. The lowest BCUT2D eigenvalue weighted by atomic mass is 9.99. The Labute approximate surface area is 193 Å². The molecule has 1 N–H and O–H groups in total. The number of hydrogen-bond donors (Lipinski definition) is 1. The van der Waals surface area contributed by atoms with Crippen LogP contribution in [0, 0.1) is 5.92 Å². The first-order valence-corrected chi connectivity index (χ1v) is 11.4. The summed E-state index contributed by atoms with van der Waals surface area (Å²) in [4.78, 5) is 17.8. The number of rotatable bonds is 7. The molecule has 0 atom stereocenters. The van der Waals surface area contributed by atoms with Crippen molar-refractivity contribution in [1.29, 1.82) is 0 Å². The lowest BCUT2D eigenvalue weighted by Gasteiger charge is -2.25. The second kappa shape index (κ2) is 10.4. The van der Waals surface area contributed by atoms with Crippen LogP contribution in [0.2, 0.25) is 0 Å². The van der Waals surface area contributed by atoms with E-state index in [0.717, 1.165) is 23.7 Å². The van der Waals surface area contributed by atoms with Crippen molar-refractivity contribution in [2.24, 2.45) is 5.92 Å². The monoisotopic (exact) mass is 450 g/mol. The van der Waals surface area contributed by atoms with Crippen LogP contribution in [-0.2, 0) is 0 Å². The minimum Gasteiger partial charge on any atom is -0.493 e. The first-order chi connectivity index (χ1) is 16.1. The molecule has 0 bridgehead atoms. The Morgan fingerprint density at radius 1 is 0.970 bits per heavy atom. The number of hydrogen-bond acceptors (Lipinski definition) is 5. The Hall–Kier alpha value is -3.48. The number of carboxylic acid groups (broad SMARTS) is 1. The van der Waals surface area contributed by atoms with E-state index < -0.39 is 6.09 Å². The molecule has 7 nitrogen and oxygen atoms in total. The zero-order chi connectivity index (χ0) is 23.2. The van der Waals surface area contributed by atoms with Gasteiger partial charge in [-0.15, -0.1) is 0 Å². The number of benzene rings is 2. The highest BCUT2D eigenvalue weighted by molar-refractivity contribution is 5.88. The molecule has 2 aromatic carbocycles. The van der Waals surface area contributed by atoms with E-state index in [0.29, 0.717) is 41.1 Å². The van der Waals surface area contributed by atoms with Gasteiger partial charge in [0, 0.05) is 29.9 Å². The summed E-state index contributed by atoms with van der Waals surface area (Å²) in [5.74, 6) is 2.84. The van der Waals surface area contributed by atoms with Crippen LogP contribution in [-0.4, -0.2) is 36.9 Å². The zero-order valence-electron chi connectivity index (χ0n) is 19.1. The summed E-state index contributed by atoms with van der Waals surface area (Å²) in [6, 6.07) is 12.6. The highest BCUT2D eigenvalue weighted by Crippen LogP contribution is 2.37. The van der Waals surface area contributed by atoms with Crippen LogP contribution in [0.4, 0.5) is 10.5 Å². The fraction of sp³-hybridized carbons (Fsp3) is 0.385. The van der Waals surface area contributed by atoms with Gasteiger partial charge in [-0.2, -0.15) is 0 Å².